The molecule has 0 nitrogen and oxygen atoms in total. The fraction of sp³-hybridized carbons (Fsp3) is 0.385. The SMILES string of the molecule is CC(C)C1=Cc2ccccc2[CH]1[Ti]([Cl])([Cl])([CH]1C(C(C)C)=Cc2ccccc21)[SiH](C)C. The van der Waals surface area contributed by atoms with Crippen molar-refractivity contribution < 1.29 is 12.4 Å². The Morgan fingerprint density at radius 2 is 1.07 bits per heavy atom. The first-order valence-corrected chi connectivity index (χ1v) is 22.9. The van der Waals surface area contributed by atoms with Gasteiger partial charge in [-0.05, 0) is 0 Å². The molecule has 2 aromatic carbocycles. The molecule has 30 heavy (non-hydrogen) atoms. The molecular weight excluding hydrogens is 459 g/mol. The van der Waals surface area contributed by atoms with E-state index >= 15 is 0 Å². The standard InChI is InChI=1S/2C12H13.C2H7Si.2ClH.Ti/c2*1-9(2)12-7-10-5-3-4-6-11(10)8-12;1-3-2;;;/h2*3-9H,1-2H3;3H,1-2H3;2*1H;/q;;;;;+2/p-2. The first-order chi connectivity index (χ1) is 14.1. The van der Waals surface area contributed by atoms with Gasteiger partial charge in [-0.2, -0.15) is 0 Å². The van der Waals surface area contributed by atoms with Gasteiger partial charge in [0.05, 0.1) is 0 Å². The Hall–Kier alpha value is -0.569. The van der Waals surface area contributed by atoms with Gasteiger partial charge in [0, 0.05) is 0 Å². The number of allylic oxidation sites excluding steroid dienone is 2. The monoisotopic (exact) mass is 491 g/mol. The van der Waals surface area contributed by atoms with Crippen LogP contribution in [0.2, 0.25) is 13.1 Å². The van der Waals surface area contributed by atoms with Crippen LogP contribution in [0.5, 0.6) is 0 Å². The number of rotatable bonds is 5. The summed E-state index contributed by atoms with van der Waals surface area (Å²) < 4.78 is 0.373. The van der Waals surface area contributed by atoms with Crippen LogP contribution in [0.15, 0.2) is 59.7 Å². The molecule has 0 aliphatic heterocycles. The van der Waals surface area contributed by atoms with E-state index in [0.717, 1.165) is 0 Å². The second-order valence-electron chi connectivity index (χ2n) is 10.1. The summed E-state index contributed by atoms with van der Waals surface area (Å²) in [7, 11) is 16.4. The molecule has 4 rings (SSSR count). The van der Waals surface area contributed by atoms with E-state index in [0.29, 0.717) is 11.8 Å². The van der Waals surface area contributed by atoms with Crippen LogP contribution in [-0.4, -0.2) is 6.66 Å². The molecule has 2 aliphatic rings. The van der Waals surface area contributed by atoms with Gasteiger partial charge in [-0.25, -0.2) is 0 Å². The van der Waals surface area contributed by atoms with Crippen molar-refractivity contribution in [1.82, 2.24) is 0 Å². The van der Waals surface area contributed by atoms with Crippen molar-refractivity contribution in [3.05, 3.63) is 81.9 Å². The molecule has 0 fully saturated rings. The summed E-state index contributed by atoms with van der Waals surface area (Å²) in [6.45, 7) is 12.6. The summed E-state index contributed by atoms with van der Waals surface area (Å²) in [6.07, 6.45) is 4.79. The first-order valence-electron chi connectivity index (χ1n) is 11.2. The summed E-state index contributed by atoms with van der Waals surface area (Å²) in [4.78, 5) is 0. The summed E-state index contributed by atoms with van der Waals surface area (Å²) in [5.74, 6) is 0.859. The van der Waals surface area contributed by atoms with E-state index in [9.17, 15) is 0 Å². The molecule has 0 bridgehead atoms. The average Bonchev–Trinajstić information content (AvgIpc) is 3.28. The molecule has 0 spiro atoms. The molecule has 2 aliphatic carbocycles. The third-order valence-corrected chi connectivity index (χ3v) is 42.6. The van der Waals surface area contributed by atoms with Crippen molar-refractivity contribution in [2.24, 2.45) is 11.8 Å². The number of hydrogen-bond acceptors (Lipinski definition) is 0. The normalized spacial score (nSPS) is 22.0. The Bertz CT molecular complexity index is 971. The second-order valence-corrected chi connectivity index (χ2v) is 39.4. The van der Waals surface area contributed by atoms with Crippen molar-refractivity contribution in [3.8, 4) is 0 Å². The zero-order valence-electron chi connectivity index (χ0n) is 18.9. The van der Waals surface area contributed by atoms with Gasteiger partial charge in [0.1, 0.15) is 0 Å². The molecule has 0 saturated carbocycles. The van der Waals surface area contributed by atoms with Crippen molar-refractivity contribution in [3.63, 3.8) is 0 Å². The average molecular weight is 492 g/mol. The molecule has 2 unspecified atom stereocenters. The van der Waals surface area contributed by atoms with Gasteiger partial charge in [-0.1, -0.05) is 0 Å². The maximum atomic E-state index is 8.21. The quantitative estimate of drug-likeness (QED) is 0.367. The zero-order chi connectivity index (χ0) is 21.9. The van der Waals surface area contributed by atoms with Gasteiger partial charge in [0.15, 0.2) is 0 Å². The van der Waals surface area contributed by atoms with Crippen LogP contribution in [0.1, 0.15) is 58.4 Å². The summed E-state index contributed by atoms with van der Waals surface area (Å²) in [6, 6.07) is 17.6. The van der Waals surface area contributed by atoms with E-state index < -0.39 is 19.1 Å². The summed E-state index contributed by atoms with van der Waals surface area (Å²) in [5.41, 5.74) is 8.28. The van der Waals surface area contributed by atoms with Crippen molar-refractivity contribution in [1.29, 1.82) is 0 Å². The van der Waals surface area contributed by atoms with Gasteiger partial charge in [0.2, 0.25) is 0 Å². The zero-order valence-corrected chi connectivity index (χ0v) is 23.1. The number of halogens is 2. The third kappa shape index (κ3) is 3.20. The Balaban J connectivity index is 2.03. The van der Waals surface area contributed by atoms with Crippen LogP contribution in [0.3, 0.4) is 0 Å². The van der Waals surface area contributed by atoms with E-state index in [2.05, 4.69) is 101 Å². The minimum absolute atomic E-state index is 0.187. The fourth-order valence-corrected chi connectivity index (χ4v) is 26.9. The minimum atomic E-state index is -4.21. The third-order valence-electron chi connectivity index (χ3n) is 7.46. The van der Waals surface area contributed by atoms with Crippen LogP contribution in [0, 0.1) is 11.8 Å². The van der Waals surface area contributed by atoms with Gasteiger partial charge in [0.25, 0.3) is 0 Å². The van der Waals surface area contributed by atoms with Gasteiger partial charge >= 0.3 is 193 Å². The molecule has 2 atom stereocenters. The van der Waals surface area contributed by atoms with Crippen LogP contribution in [0.4, 0.5) is 0 Å². The molecule has 0 N–H and O–H groups in total. The van der Waals surface area contributed by atoms with Gasteiger partial charge in [-0.15, -0.1) is 0 Å². The van der Waals surface area contributed by atoms with E-state index in [-0.39, 0.29) is 8.45 Å². The molecular formula is C26H33Cl2SiTi. The topological polar surface area (TPSA) is 0 Å². The predicted octanol–water partition coefficient (Wildman–Crippen LogP) is 8.56. The van der Waals surface area contributed by atoms with E-state index in [4.69, 9.17) is 18.6 Å². The Kier molecular flexibility index (Phi) is 5.87. The van der Waals surface area contributed by atoms with E-state index in [1.807, 2.05) is 0 Å². The Morgan fingerprint density at radius 3 is 1.40 bits per heavy atom. The fourth-order valence-electron chi connectivity index (χ4n) is 5.76. The molecule has 0 amide bonds. The Labute approximate surface area is 191 Å². The summed E-state index contributed by atoms with van der Waals surface area (Å²) >= 11 is -4.21. The van der Waals surface area contributed by atoms with Crippen molar-refractivity contribution in [2.75, 3.05) is 0 Å². The molecule has 4 heteroatoms. The molecule has 0 heterocycles. The first kappa shape index (κ1) is 22.6. The number of benzene rings is 2. The van der Waals surface area contributed by atoms with Crippen LogP contribution >= 0.6 is 18.6 Å². The van der Waals surface area contributed by atoms with Crippen LogP contribution in [-0.2, 0) is 12.4 Å². The number of hydrogen-bond donors (Lipinski definition) is 0. The van der Waals surface area contributed by atoms with Crippen molar-refractivity contribution in [2.45, 2.75) is 49.2 Å². The van der Waals surface area contributed by atoms with Crippen molar-refractivity contribution >= 4 is 37.4 Å². The molecule has 0 saturated heterocycles. The van der Waals surface area contributed by atoms with Crippen LogP contribution in [0.25, 0.3) is 12.2 Å². The van der Waals surface area contributed by atoms with Gasteiger partial charge in [-0.3, -0.25) is 0 Å². The molecule has 0 radical (unpaired) electrons. The molecule has 2 aromatic rings. The van der Waals surface area contributed by atoms with E-state index in [1.165, 1.54) is 33.4 Å². The maximum absolute atomic E-state index is 8.21. The predicted molar refractivity (Wildman–Crippen MR) is 135 cm³/mol. The van der Waals surface area contributed by atoms with E-state index in [1.54, 1.807) is 0 Å². The Morgan fingerprint density at radius 1 is 0.700 bits per heavy atom. The second kappa shape index (κ2) is 7.78. The number of fused-ring (bicyclic) bond motifs is 2. The molecule has 159 valence electrons. The molecule has 0 aromatic heterocycles. The van der Waals surface area contributed by atoms with Crippen LogP contribution < -0.4 is 0 Å². The van der Waals surface area contributed by atoms with Gasteiger partial charge < -0.3 is 0 Å². The summed E-state index contributed by atoms with van der Waals surface area (Å²) in [5, 5.41) is 0.